The van der Waals surface area contributed by atoms with Gasteiger partial charge < -0.3 is 15.8 Å². The molecule has 3 heterocycles. The topological polar surface area (TPSA) is 122 Å². The summed E-state index contributed by atoms with van der Waals surface area (Å²) in [4.78, 5) is 28.8. The quantitative estimate of drug-likeness (QED) is 0.475. The van der Waals surface area contributed by atoms with E-state index < -0.39 is 21.8 Å². The van der Waals surface area contributed by atoms with E-state index in [0.717, 1.165) is 23.5 Å². The number of ether oxygens (including phenoxy) is 1. The van der Waals surface area contributed by atoms with E-state index >= 15 is 0 Å². The van der Waals surface area contributed by atoms with Gasteiger partial charge in [0.2, 0.25) is 10.0 Å². The number of hydrogen-bond donors (Lipinski definition) is 2. The van der Waals surface area contributed by atoms with Gasteiger partial charge in [-0.1, -0.05) is 30.3 Å². The van der Waals surface area contributed by atoms with Gasteiger partial charge in [-0.2, -0.15) is 4.31 Å². The first-order valence-corrected chi connectivity index (χ1v) is 14.3. The Labute approximate surface area is 219 Å². The van der Waals surface area contributed by atoms with Crippen LogP contribution in [-0.2, 0) is 34.3 Å². The lowest BCUT2D eigenvalue weighted by molar-refractivity contribution is 0.0730. The maximum Gasteiger partial charge on any atom is 0.256 e. The van der Waals surface area contributed by atoms with Crippen LogP contribution in [0.1, 0.15) is 36.7 Å². The highest BCUT2D eigenvalue weighted by Crippen LogP contribution is 2.37. The smallest absolute Gasteiger partial charge is 0.256 e. The van der Waals surface area contributed by atoms with Crippen LogP contribution in [0.2, 0.25) is 0 Å². The fourth-order valence-electron chi connectivity index (χ4n) is 4.67. The van der Waals surface area contributed by atoms with Gasteiger partial charge in [-0.15, -0.1) is 11.3 Å². The molecule has 0 spiro atoms. The van der Waals surface area contributed by atoms with E-state index in [1.165, 1.54) is 45.5 Å². The zero-order chi connectivity index (χ0) is 26.0. The van der Waals surface area contributed by atoms with E-state index in [4.69, 9.17) is 10.5 Å². The molecular weight excluding hydrogens is 512 g/mol. The van der Waals surface area contributed by atoms with Crippen LogP contribution in [0.15, 0.2) is 59.5 Å². The van der Waals surface area contributed by atoms with Gasteiger partial charge in [-0.05, 0) is 41.8 Å². The second kappa shape index (κ2) is 10.7. The number of primary amides is 1. The number of carbonyl (C=O) groups excluding carboxylic acids is 2. The fourth-order valence-corrected chi connectivity index (χ4v) is 7.37. The summed E-state index contributed by atoms with van der Waals surface area (Å²) in [7, 11) is -3.65. The third kappa shape index (κ3) is 5.46. The molecule has 3 aromatic rings. The van der Waals surface area contributed by atoms with Crippen LogP contribution >= 0.6 is 11.3 Å². The van der Waals surface area contributed by atoms with Gasteiger partial charge in [-0.25, -0.2) is 8.42 Å². The van der Waals surface area contributed by atoms with Crippen molar-refractivity contribution in [2.75, 3.05) is 38.2 Å². The zero-order valence-electron chi connectivity index (χ0n) is 20.2. The minimum Gasteiger partial charge on any atom is -0.379 e. The average molecular weight is 541 g/mol. The molecule has 2 amide bonds. The van der Waals surface area contributed by atoms with Crippen molar-refractivity contribution < 1.29 is 22.7 Å². The predicted octanol–water partition coefficient (Wildman–Crippen LogP) is 2.68. The fraction of sp³-hybridized carbons (Fsp3) is 0.308. The summed E-state index contributed by atoms with van der Waals surface area (Å²) >= 11 is 1.36. The molecule has 0 atom stereocenters. The van der Waals surface area contributed by atoms with Gasteiger partial charge >= 0.3 is 0 Å². The molecule has 1 fully saturated rings. The lowest BCUT2D eigenvalue weighted by atomic mass is 10.0. The zero-order valence-corrected chi connectivity index (χ0v) is 21.8. The van der Waals surface area contributed by atoms with Crippen LogP contribution in [0.5, 0.6) is 0 Å². The van der Waals surface area contributed by atoms with Crippen LogP contribution in [0.3, 0.4) is 0 Å². The molecule has 11 heteroatoms. The molecule has 0 saturated carbocycles. The molecular formula is C26H28N4O5S2. The minimum atomic E-state index is -3.65. The number of amides is 2. The van der Waals surface area contributed by atoms with E-state index in [1.54, 1.807) is 0 Å². The number of morpholine rings is 1. The number of thiophene rings is 1. The largest absolute Gasteiger partial charge is 0.379 e. The maximum atomic E-state index is 13.0. The molecule has 1 aromatic heterocycles. The molecule has 0 radical (unpaired) electrons. The Morgan fingerprint density at radius 2 is 1.70 bits per heavy atom. The van der Waals surface area contributed by atoms with Gasteiger partial charge in [0.25, 0.3) is 11.8 Å². The number of hydrogen-bond acceptors (Lipinski definition) is 7. The lowest BCUT2D eigenvalue weighted by Crippen LogP contribution is -2.40. The van der Waals surface area contributed by atoms with Gasteiger partial charge in [0, 0.05) is 43.2 Å². The number of nitrogens with one attached hydrogen (secondary N) is 1. The summed E-state index contributed by atoms with van der Waals surface area (Å²) in [6.07, 6.45) is 0.668. The standard InChI is InChI=1S/C26H28N4O5S2/c27-24(31)23-21-10-11-29(16-18-4-2-1-3-5-18)17-22(21)36-26(23)28-25(32)19-6-8-20(9-7-19)37(33,34)30-12-14-35-15-13-30/h1-9H,10-17H2,(H2,27,31)(H,28,32). The van der Waals surface area contributed by atoms with Gasteiger partial charge in [0.1, 0.15) is 5.00 Å². The number of nitrogens with two attached hydrogens (primary N) is 1. The van der Waals surface area contributed by atoms with Crippen molar-refractivity contribution in [1.82, 2.24) is 9.21 Å². The third-order valence-electron chi connectivity index (χ3n) is 6.58. The monoisotopic (exact) mass is 540 g/mol. The first-order chi connectivity index (χ1) is 17.8. The number of nitrogens with zero attached hydrogens (tertiary/aromatic N) is 2. The number of carbonyl (C=O) groups is 2. The van der Waals surface area contributed by atoms with E-state index in [2.05, 4.69) is 22.3 Å². The highest BCUT2D eigenvalue weighted by atomic mass is 32.2. The molecule has 0 bridgehead atoms. The summed E-state index contributed by atoms with van der Waals surface area (Å²) in [6.45, 7) is 3.56. The van der Waals surface area contributed by atoms with E-state index in [1.807, 2.05) is 18.2 Å². The molecule has 2 aromatic carbocycles. The lowest BCUT2D eigenvalue weighted by Gasteiger charge is -2.27. The molecule has 1 saturated heterocycles. The first-order valence-electron chi connectivity index (χ1n) is 12.0. The van der Waals surface area contributed by atoms with Gasteiger partial charge in [0.15, 0.2) is 0 Å². The number of fused-ring (bicyclic) bond motifs is 1. The maximum absolute atomic E-state index is 13.0. The molecule has 2 aliphatic heterocycles. The van der Waals surface area contributed by atoms with Crippen LogP contribution in [-0.4, -0.2) is 62.3 Å². The van der Waals surface area contributed by atoms with Crippen molar-refractivity contribution in [2.24, 2.45) is 5.73 Å². The second-order valence-electron chi connectivity index (χ2n) is 9.01. The van der Waals surface area contributed by atoms with Crippen molar-refractivity contribution in [2.45, 2.75) is 24.4 Å². The molecule has 5 rings (SSSR count). The van der Waals surface area contributed by atoms with Gasteiger partial charge in [0.05, 0.1) is 23.7 Å². The Morgan fingerprint density at radius 3 is 2.38 bits per heavy atom. The highest BCUT2D eigenvalue weighted by Gasteiger charge is 2.29. The third-order valence-corrected chi connectivity index (χ3v) is 9.63. The summed E-state index contributed by atoms with van der Waals surface area (Å²) in [5, 5.41) is 3.26. The molecule has 0 aliphatic carbocycles. The molecule has 3 N–H and O–H groups in total. The Hall–Kier alpha value is -3.09. The normalized spacial score (nSPS) is 16.8. The Balaban J connectivity index is 1.31. The molecule has 2 aliphatic rings. The Bertz CT molecular complexity index is 1400. The van der Waals surface area contributed by atoms with Gasteiger partial charge in [-0.3, -0.25) is 14.5 Å². The summed E-state index contributed by atoms with van der Waals surface area (Å²) in [5.41, 5.74) is 8.47. The number of rotatable bonds is 7. The van der Waals surface area contributed by atoms with Crippen LogP contribution in [0.25, 0.3) is 0 Å². The first kappa shape index (κ1) is 25.6. The van der Waals surface area contributed by atoms with Crippen LogP contribution in [0.4, 0.5) is 5.00 Å². The molecule has 194 valence electrons. The molecule has 9 nitrogen and oxygen atoms in total. The number of benzene rings is 2. The summed E-state index contributed by atoms with van der Waals surface area (Å²) in [6, 6.07) is 16.0. The van der Waals surface area contributed by atoms with E-state index in [-0.39, 0.29) is 10.5 Å². The Morgan fingerprint density at radius 1 is 1.00 bits per heavy atom. The van der Waals surface area contributed by atoms with Crippen molar-refractivity contribution >= 4 is 38.2 Å². The Kier molecular flexibility index (Phi) is 7.40. The van der Waals surface area contributed by atoms with Crippen molar-refractivity contribution in [3.63, 3.8) is 0 Å². The predicted molar refractivity (Wildman–Crippen MR) is 141 cm³/mol. The minimum absolute atomic E-state index is 0.119. The summed E-state index contributed by atoms with van der Waals surface area (Å²) in [5.74, 6) is -1.01. The van der Waals surface area contributed by atoms with Crippen LogP contribution in [0, 0.1) is 0 Å². The van der Waals surface area contributed by atoms with Crippen molar-refractivity contribution in [1.29, 1.82) is 0 Å². The second-order valence-corrected chi connectivity index (χ2v) is 12.1. The summed E-state index contributed by atoms with van der Waals surface area (Å²) < 4.78 is 32.3. The average Bonchev–Trinajstić information content (AvgIpc) is 3.27. The van der Waals surface area contributed by atoms with Crippen molar-refractivity contribution in [3.8, 4) is 0 Å². The number of anilines is 1. The molecule has 0 unspecified atom stereocenters. The van der Waals surface area contributed by atoms with E-state index in [0.29, 0.717) is 49.8 Å². The van der Waals surface area contributed by atoms with Crippen LogP contribution < -0.4 is 11.1 Å². The van der Waals surface area contributed by atoms with E-state index in [9.17, 15) is 18.0 Å². The SMILES string of the molecule is NC(=O)c1c(NC(=O)c2ccc(S(=O)(=O)N3CCOCC3)cc2)sc2c1CCN(Cc1ccccc1)C2. The molecule has 37 heavy (non-hydrogen) atoms. The highest BCUT2D eigenvalue weighted by molar-refractivity contribution is 7.89. The number of sulfonamides is 1. The van der Waals surface area contributed by atoms with Crippen molar-refractivity contribution in [3.05, 3.63) is 81.7 Å².